The van der Waals surface area contributed by atoms with Crippen LogP contribution in [0.25, 0.3) is 0 Å². The molecule has 0 spiro atoms. The lowest BCUT2D eigenvalue weighted by Crippen LogP contribution is -2.30. The molecule has 1 aromatic heterocycles. The molecule has 0 radical (unpaired) electrons. The van der Waals surface area contributed by atoms with E-state index in [9.17, 15) is 9.59 Å². The van der Waals surface area contributed by atoms with Gasteiger partial charge in [0.1, 0.15) is 5.00 Å². The van der Waals surface area contributed by atoms with Crippen molar-refractivity contribution in [1.82, 2.24) is 4.90 Å². The Kier molecular flexibility index (Phi) is 5.97. The van der Waals surface area contributed by atoms with Crippen LogP contribution >= 0.6 is 11.3 Å². The number of ether oxygens (including phenoxy) is 1. The van der Waals surface area contributed by atoms with E-state index in [1.807, 2.05) is 32.0 Å². The number of carbonyl (C=O) groups excluding carboxylic acids is 2. The van der Waals surface area contributed by atoms with Gasteiger partial charge in [-0.15, -0.1) is 11.3 Å². The van der Waals surface area contributed by atoms with Crippen molar-refractivity contribution < 1.29 is 14.3 Å². The van der Waals surface area contributed by atoms with Crippen LogP contribution in [0.2, 0.25) is 0 Å². The van der Waals surface area contributed by atoms with Gasteiger partial charge in [-0.25, -0.2) is 4.79 Å². The summed E-state index contributed by atoms with van der Waals surface area (Å²) >= 11 is 1.49. The number of hydrogen-bond donors (Lipinski definition) is 1. The van der Waals surface area contributed by atoms with Gasteiger partial charge in [-0.3, -0.25) is 9.69 Å². The number of anilines is 1. The molecule has 1 aliphatic rings. The van der Waals surface area contributed by atoms with Crippen LogP contribution in [0.4, 0.5) is 5.00 Å². The number of rotatable bonds is 5. The monoisotopic (exact) mass is 386 g/mol. The minimum Gasteiger partial charge on any atom is -0.462 e. The van der Waals surface area contributed by atoms with E-state index in [1.54, 1.807) is 6.92 Å². The van der Waals surface area contributed by atoms with Gasteiger partial charge in [0.15, 0.2) is 0 Å². The molecule has 0 atom stereocenters. The van der Waals surface area contributed by atoms with Gasteiger partial charge in [0, 0.05) is 23.5 Å². The smallest absolute Gasteiger partial charge is 0.341 e. The van der Waals surface area contributed by atoms with Crippen LogP contribution in [-0.2, 0) is 17.7 Å². The van der Waals surface area contributed by atoms with E-state index >= 15 is 0 Å². The van der Waals surface area contributed by atoms with Gasteiger partial charge in [-0.1, -0.05) is 24.1 Å². The zero-order valence-electron chi connectivity index (χ0n) is 16.3. The number of hydrogen-bond acceptors (Lipinski definition) is 5. The second kappa shape index (κ2) is 8.23. The van der Waals surface area contributed by atoms with Crippen molar-refractivity contribution >= 4 is 28.2 Å². The van der Waals surface area contributed by atoms with Crippen LogP contribution in [0.15, 0.2) is 18.2 Å². The molecule has 1 N–H and O–H groups in total. The lowest BCUT2D eigenvalue weighted by atomic mass is 10.0. The third-order valence-electron chi connectivity index (χ3n) is 4.77. The highest BCUT2D eigenvalue weighted by molar-refractivity contribution is 7.17. The van der Waals surface area contributed by atoms with Crippen molar-refractivity contribution in [3.8, 4) is 0 Å². The lowest BCUT2D eigenvalue weighted by Gasteiger charge is -2.25. The van der Waals surface area contributed by atoms with E-state index in [-0.39, 0.29) is 11.9 Å². The molecule has 1 amide bonds. The summed E-state index contributed by atoms with van der Waals surface area (Å²) in [4.78, 5) is 28.9. The zero-order valence-corrected chi connectivity index (χ0v) is 17.2. The minimum absolute atomic E-state index is 0.196. The number of fused-ring (bicyclic) bond motifs is 1. The van der Waals surface area contributed by atoms with E-state index in [0.717, 1.165) is 47.6 Å². The Hall–Kier alpha value is -2.18. The number of esters is 1. The molecule has 0 unspecified atom stereocenters. The van der Waals surface area contributed by atoms with Gasteiger partial charge in [-0.05, 0) is 51.4 Å². The summed E-state index contributed by atoms with van der Waals surface area (Å²) in [6, 6.07) is 5.75. The molecule has 0 saturated carbocycles. The highest BCUT2D eigenvalue weighted by atomic mass is 32.1. The molecule has 0 bridgehead atoms. The summed E-state index contributed by atoms with van der Waals surface area (Å²) in [5.41, 5.74) is 4.23. The van der Waals surface area contributed by atoms with Crippen molar-refractivity contribution in [2.45, 2.75) is 40.7 Å². The third-order valence-corrected chi connectivity index (χ3v) is 5.91. The number of nitrogens with zero attached hydrogens (tertiary/aromatic N) is 1. The summed E-state index contributed by atoms with van der Waals surface area (Å²) in [7, 11) is 0. The molecule has 0 fully saturated rings. The molecule has 1 aromatic carbocycles. The molecule has 27 heavy (non-hydrogen) atoms. The van der Waals surface area contributed by atoms with Gasteiger partial charge in [-0.2, -0.15) is 0 Å². The Bertz CT molecular complexity index is 852. The van der Waals surface area contributed by atoms with Crippen molar-refractivity contribution in [3.05, 3.63) is 50.9 Å². The lowest BCUT2D eigenvalue weighted by molar-refractivity contribution is 0.0526. The molecule has 1 aliphatic heterocycles. The quantitative estimate of drug-likeness (QED) is 0.784. The molecule has 144 valence electrons. The van der Waals surface area contributed by atoms with Gasteiger partial charge < -0.3 is 10.1 Å². The second-order valence-electron chi connectivity index (χ2n) is 6.88. The molecule has 0 saturated heterocycles. The minimum atomic E-state index is -0.351. The average molecular weight is 387 g/mol. The van der Waals surface area contributed by atoms with E-state index < -0.39 is 0 Å². The zero-order chi connectivity index (χ0) is 19.6. The number of amides is 1. The number of thiophene rings is 1. The van der Waals surface area contributed by atoms with Crippen molar-refractivity contribution in [3.63, 3.8) is 0 Å². The predicted octanol–water partition coefficient (Wildman–Crippen LogP) is 4.17. The Labute approximate surface area is 164 Å². The Morgan fingerprint density at radius 1 is 1.19 bits per heavy atom. The number of carbonyl (C=O) groups is 2. The molecule has 6 heteroatoms. The van der Waals surface area contributed by atoms with Gasteiger partial charge in [0.2, 0.25) is 0 Å². The predicted molar refractivity (Wildman–Crippen MR) is 109 cm³/mol. The maximum atomic E-state index is 12.8. The molecular weight excluding hydrogens is 360 g/mol. The van der Waals surface area contributed by atoms with Crippen LogP contribution in [0.5, 0.6) is 0 Å². The van der Waals surface area contributed by atoms with E-state index in [2.05, 4.69) is 17.1 Å². The second-order valence-corrected chi connectivity index (χ2v) is 7.98. The topological polar surface area (TPSA) is 58.6 Å². The highest BCUT2D eigenvalue weighted by Gasteiger charge is 2.29. The maximum Gasteiger partial charge on any atom is 0.341 e. The fourth-order valence-corrected chi connectivity index (χ4v) is 4.79. The molecule has 3 rings (SSSR count). The Morgan fingerprint density at radius 2 is 1.89 bits per heavy atom. The fourth-order valence-electron chi connectivity index (χ4n) is 3.51. The average Bonchev–Trinajstić information content (AvgIpc) is 2.97. The summed E-state index contributed by atoms with van der Waals surface area (Å²) in [5, 5.41) is 3.57. The van der Waals surface area contributed by atoms with Crippen LogP contribution in [0, 0.1) is 13.8 Å². The van der Waals surface area contributed by atoms with Gasteiger partial charge in [0.05, 0.1) is 12.2 Å². The SMILES string of the molecule is CCOC(=O)c1c(NC(=O)c2cc(C)cc(C)c2)sc2c1CCN(CC)C2. The first kappa shape index (κ1) is 19.6. The van der Waals surface area contributed by atoms with E-state index in [1.165, 1.54) is 11.3 Å². The number of likely N-dealkylation sites (N-methyl/N-ethyl adjacent to an activating group) is 1. The number of aryl methyl sites for hydroxylation is 2. The van der Waals surface area contributed by atoms with Crippen molar-refractivity contribution in [2.24, 2.45) is 0 Å². The molecule has 5 nitrogen and oxygen atoms in total. The van der Waals surface area contributed by atoms with E-state index in [0.29, 0.717) is 22.7 Å². The Balaban J connectivity index is 1.95. The van der Waals surface area contributed by atoms with Crippen LogP contribution in [-0.4, -0.2) is 36.5 Å². The summed E-state index contributed by atoms with van der Waals surface area (Å²) in [6.07, 6.45) is 0.799. The molecule has 2 aromatic rings. The summed E-state index contributed by atoms with van der Waals surface area (Å²) in [6.45, 7) is 10.9. The third kappa shape index (κ3) is 4.22. The number of nitrogens with one attached hydrogen (secondary N) is 1. The summed E-state index contributed by atoms with van der Waals surface area (Å²) in [5.74, 6) is -0.547. The molecule has 0 aliphatic carbocycles. The van der Waals surface area contributed by atoms with Crippen LogP contribution in [0.1, 0.15) is 56.1 Å². The largest absolute Gasteiger partial charge is 0.462 e. The van der Waals surface area contributed by atoms with Crippen LogP contribution < -0.4 is 5.32 Å². The first-order valence-electron chi connectivity index (χ1n) is 9.36. The van der Waals surface area contributed by atoms with Gasteiger partial charge >= 0.3 is 5.97 Å². The van der Waals surface area contributed by atoms with Crippen LogP contribution in [0.3, 0.4) is 0 Å². The number of benzene rings is 1. The summed E-state index contributed by atoms with van der Waals surface area (Å²) < 4.78 is 5.27. The fraction of sp³-hybridized carbons (Fsp3) is 0.429. The first-order valence-corrected chi connectivity index (χ1v) is 10.2. The maximum absolute atomic E-state index is 12.8. The normalized spacial score (nSPS) is 13.9. The molecular formula is C21H26N2O3S. The van der Waals surface area contributed by atoms with E-state index in [4.69, 9.17) is 4.74 Å². The molecule has 2 heterocycles. The van der Waals surface area contributed by atoms with Crippen molar-refractivity contribution in [2.75, 3.05) is 25.0 Å². The highest BCUT2D eigenvalue weighted by Crippen LogP contribution is 2.38. The van der Waals surface area contributed by atoms with Gasteiger partial charge in [0.25, 0.3) is 5.91 Å². The van der Waals surface area contributed by atoms with Crippen molar-refractivity contribution in [1.29, 1.82) is 0 Å². The standard InChI is InChI=1S/C21H26N2O3S/c1-5-23-8-7-16-17(12-23)27-20(18(16)21(25)26-6-2)22-19(24)15-10-13(3)9-14(4)11-15/h9-11H,5-8,12H2,1-4H3,(H,22,24). The Morgan fingerprint density at radius 3 is 2.52 bits per heavy atom. The first-order chi connectivity index (χ1) is 12.9.